The summed E-state index contributed by atoms with van der Waals surface area (Å²) < 4.78 is 15.4. The van der Waals surface area contributed by atoms with Crippen LogP contribution in [-0.2, 0) is 0 Å². The van der Waals surface area contributed by atoms with Gasteiger partial charge in [0.1, 0.15) is 11.3 Å². The zero-order valence-corrected chi connectivity index (χ0v) is 11.8. The molecule has 0 atom stereocenters. The lowest BCUT2D eigenvalue weighted by Gasteiger charge is -2.06. The molecule has 0 aliphatic heterocycles. The number of hydrogen-bond donors (Lipinski definition) is 0. The van der Waals surface area contributed by atoms with Crippen molar-refractivity contribution >= 4 is 27.7 Å². The molecule has 0 saturated heterocycles. The van der Waals surface area contributed by atoms with Gasteiger partial charge < -0.3 is 9.15 Å². The van der Waals surface area contributed by atoms with Gasteiger partial charge in [0.15, 0.2) is 11.3 Å². The molecule has 0 amide bonds. The van der Waals surface area contributed by atoms with Gasteiger partial charge in [0.2, 0.25) is 5.52 Å². The number of hydrogen-bond acceptors (Lipinski definition) is 8. The van der Waals surface area contributed by atoms with Crippen LogP contribution in [0.3, 0.4) is 0 Å². The second-order valence-electron chi connectivity index (χ2n) is 4.86. The fourth-order valence-corrected chi connectivity index (χ4v) is 2.29. The second kappa shape index (κ2) is 5.16. The Kier molecular flexibility index (Phi) is 2.98. The maximum atomic E-state index is 11.3. The molecular weight excluding hydrogens is 318 g/mol. The van der Waals surface area contributed by atoms with E-state index >= 15 is 0 Å². The normalized spacial score (nSPS) is 11.0. The molecule has 118 valence electrons. The van der Waals surface area contributed by atoms with Crippen LogP contribution in [0.5, 0.6) is 11.5 Å². The molecule has 0 radical (unpaired) electrons. The van der Waals surface area contributed by atoms with Crippen LogP contribution in [0.25, 0.3) is 22.0 Å². The van der Waals surface area contributed by atoms with Crippen molar-refractivity contribution in [1.82, 2.24) is 10.3 Å². The first-order valence-corrected chi connectivity index (χ1v) is 6.73. The summed E-state index contributed by atoms with van der Waals surface area (Å²) in [7, 11) is 0. The lowest BCUT2D eigenvalue weighted by atomic mass is 10.2. The molecule has 0 saturated carbocycles. The Hall–Kier alpha value is -3.75. The van der Waals surface area contributed by atoms with Crippen LogP contribution in [0.1, 0.15) is 0 Å². The Bertz CT molecular complexity index is 1150. The highest BCUT2D eigenvalue weighted by molar-refractivity contribution is 5.88. The van der Waals surface area contributed by atoms with Gasteiger partial charge in [-0.15, -0.1) is 0 Å². The van der Waals surface area contributed by atoms with Gasteiger partial charge in [-0.3, -0.25) is 10.1 Å². The number of nitro groups is 1. The topological polar surface area (TPSA) is 122 Å². The monoisotopic (exact) mass is 325 g/mol. The Morgan fingerprint density at radius 2 is 1.83 bits per heavy atom. The van der Waals surface area contributed by atoms with E-state index in [9.17, 15) is 14.9 Å². The Morgan fingerprint density at radius 3 is 2.67 bits per heavy atom. The van der Waals surface area contributed by atoms with E-state index in [0.29, 0.717) is 11.3 Å². The van der Waals surface area contributed by atoms with Crippen LogP contribution in [0, 0.1) is 10.1 Å². The first-order valence-electron chi connectivity index (χ1n) is 6.73. The van der Waals surface area contributed by atoms with Crippen molar-refractivity contribution in [2.45, 2.75) is 0 Å². The minimum Gasteiger partial charge on any atom is -0.455 e. The highest BCUT2D eigenvalue weighted by Gasteiger charge is 2.20. The van der Waals surface area contributed by atoms with Crippen molar-refractivity contribution < 1.29 is 18.7 Å². The van der Waals surface area contributed by atoms with Crippen LogP contribution in [0.4, 0.5) is 5.69 Å². The molecular formula is C15H7N3O6. The zero-order valence-electron chi connectivity index (χ0n) is 11.8. The van der Waals surface area contributed by atoms with E-state index in [1.54, 1.807) is 18.2 Å². The van der Waals surface area contributed by atoms with E-state index in [-0.39, 0.29) is 22.5 Å². The fraction of sp³-hybridized carbons (Fsp3) is 0. The van der Waals surface area contributed by atoms with Crippen molar-refractivity contribution in [1.29, 1.82) is 0 Å². The van der Waals surface area contributed by atoms with Crippen molar-refractivity contribution in [3.05, 3.63) is 63.0 Å². The molecule has 2 aromatic carbocycles. The number of fused-ring (bicyclic) bond motifs is 2. The number of benzene rings is 2. The first-order chi connectivity index (χ1) is 11.6. The van der Waals surface area contributed by atoms with Gasteiger partial charge in [-0.2, -0.15) is 0 Å². The third kappa shape index (κ3) is 2.24. The summed E-state index contributed by atoms with van der Waals surface area (Å²) in [6.07, 6.45) is 0. The van der Waals surface area contributed by atoms with Crippen LogP contribution in [-0.4, -0.2) is 15.2 Å². The van der Waals surface area contributed by atoms with E-state index in [1.807, 2.05) is 0 Å². The summed E-state index contributed by atoms with van der Waals surface area (Å²) in [4.78, 5) is 21.7. The summed E-state index contributed by atoms with van der Waals surface area (Å²) in [6.45, 7) is 0. The molecule has 4 rings (SSSR count). The van der Waals surface area contributed by atoms with Crippen molar-refractivity contribution in [3.63, 3.8) is 0 Å². The average molecular weight is 325 g/mol. The fourth-order valence-electron chi connectivity index (χ4n) is 2.29. The van der Waals surface area contributed by atoms with Crippen molar-refractivity contribution in [3.8, 4) is 11.5 Å². The van der Waals surface area contributed by atoms with Crippen LogP contribution in [0.15, 0.2) is 56.3 Å². The zero-order chi connectivity index (χ0) is 16.7. The van der Waals surface area contributed by atoms with Gasteiger partial charge in [-0.1, -0.05) is 0 Å². The van der Waals surface area contributed by atoms with E-state index in [4.69, 9.17) is 9.15 Å². The predicted molar refractivity (Wildman–Crippen MR) is 81.0 cm³/mol. The van der Waals surface area contributed by atoms with Crippen LogP contribution < -0.4 is 10.4 Å². The third-order valence-corrected chi connectivity index (χ3v) is 3.38. The standard InChI is InChI=1S/C15H7N3O6/c19-13-6-2-8-1-3-9(7-12(8)23-13)22-11-5-4-10(18(20)21)14-15(11)17-24-16-14/h1-7H. The van der Waals surface area contributed by atoms with Gasteiger partial charge in [0.25, 0.3) is 0 Å². The number of non-ortho nitro benzene ring substituents is 1. The molecule has 0 fully saturated rings. The molecule has 2 heterocycles. The van der Waals surface area contributed by atoms with Crippen LogP contribution in [0.2, 0.25) is 0 Å². The molecule has 0 spiro atoms. The quantitative estimate of drug-likeness (QED) is 0.320. The Balaban J connectivity index is 1.79. The molecule has 9 nitrogen and oxygen atoms in total. The number of nitro benzene ring substituents is 1. The van der Waals surface area contributed by atoms with Crippen LogP contribution >= 0.6 is 0 Å². The molecule has 9 heteroatoms. The number of nitrogens with zero attached hydrogens (tertiary/aromatic N) is 3. The SMILES string of the molecule is O=c1ccc2ccc(Oc3ccc([N+](=O)[O-])c4nonc34)cc2o1. The summed E-state index contributed by atoms with van der Waals surface area (Å²) in [6, 6.07) is 10.5. The molecule has 0 aliphatic carbocycles. The first kappa shape index (κ1) is 13.9. The highest BCUT2D eigenvalue weighted by atomic mass is 16.6. The molecule has 2 aromatic heterocycles. The molecule has 4 aromatic rings. The summed E-state index contributed by atoms with van der Waals surface area (Å²) in [5.41, 5.74) is -0.235. The molecule has 24 heavy (non-hydrogen) atoms. The van der Waals surface area contributed by atoms with Gasteiger partial charge in [0.05, 0.1) is 4.92 Å². The van der Waals surface area contributed by atoms with E-state index < -0.39 is 10.5 Å². The van der Waals surface area contributed by atoms with Gasteiger partial charge in [-0.05, 0) is 34.6 Å². The van der Waals surface area contributed by atoms with Gasteiger partial charge in [-0.25, -0.2) is 9.42 Å². The van der Waals surface area contributed by atoms with Crippen molar-refractivity contribution in [2.75, 3.05) is 0 Å². The number of rotatable bonds is 3. The lowest BCUT2D eigenvalue weighted by molar-refractivity contribution is -0.383. The number of aromatic nitrogens is 2. The minimum atomic E-state index is -0.582. The minimum absolute atomic E-state index is 0.00942. The van der Waals surface area contributed by atoms with E-state index in [1.165, 1.54) is 24.3 Å². The average Bonchev–Trinajstić information content (AvgIpc) is 3.04. The van der Waals surface area contributed by atoms with Crippen molar-refractivity contribution in [2.24, 2.45) is 0 Å². The largest absolute Gasteiger partial charge is 0.455 e. The van der Waals surface area contributed by atoms with Gasteiger partial charge in [0, 0.05) is 23.6 Å². The van der Waals surface area contributed by atoms with E-state index in [0.717, 1.165) is 5.39 Å². The Morgan fingerprint density at radius 1 is 1.04 bits per heavy atom. The van der Waals surface area contributed by atoms with Gasteiger partial charge >= 0.3 is 11.3 Å². The maximum absolute atomic E-state index is 11.3. The molecule has 0 bridgehead atoms. The summed E-state index contributed by atoms with van der Waals surface area (Å²) in [5, 5.41) is 18.9. The molecule has 0 N–H and O–H groups in total. The number of ether oxygens (including phenoxy) is 1. The second-order valence-corrected chi connectivity index (χ2v) is 4.86. The smallest absolute Gasteiger partial charge is 0.336 e. The summed E-state index contributed by atoms with van der Waals surface area (Å²) in [5.74, 6) is 0.601. The lowest BCUT2D eigenvalue weighted by Crippen LogP contribution is -1.95. The van der Waals surface area contributed by atoms with E-state index in [2.05, 4.69) is 14.9 Å². The molecule has 0 unspecified atom stereocenters. The summed E-state index contributed by atoms with van der Waals surface area (Å²) >= 11 is 0. The highest BCUT2D eigenvalue weighted by Crippen LogP contribution is 2.33. The predicted octanol–water partition coefficient (Wildman–Crippen LogP) is 3.03. The molecule has 0 aliphatic rings. The third-order valence-electron chi connectivity index (χ3n) is 3.38. The maximum Gasteiger partial charge on any atom is 0.336 e. The Labute approximate surface area is 132 Å².